The minimum absolute atomic E-state index is 0.323. The van der Waals surface area contributed by atoms with Crippen molar-refractivity contribution in [3.63, 3.8) is 0 Å². The Bertz CT molecular complexity index is 2080. The van der Waals surface area contributed by atoms with Crippen LogP contribution in [-0.2, 0) is 0 Å². The van der Waals surface area contributed by atoms with E-state index >= 15 is 0 Å². The second-order valence-electron chi connectivity index (χ2n) is 9.99. The first-order chi connectivity index (χ1) is 20.0. The number of carbonyl (C=O) groups is 2. The van der Waals surface area contributed by atoms with Crippen molar-refractivity contribution in [3.05, 3.63) is 125 Å². The molecule has 6 heteroatoms. The van der Waals surface area contributed by atoms with Crippen molar-refractivity contribution in [2.75, 3.05) is 7.05 Å². The van der Waals surface area contributed by atoms with Gasteiger partial charge in [-0.05, 0) is 70.8 Å². The maximum Gasteiger partial charge on any atom is 0.263 e. The van der Waals surface area contributed by atoms with E-state index in [-0.39, 0.29) is 11.8 Å². The number of nitrogens with zero attached hydrogens (tertiary/aromatic N) is 4. The summed E-state index contributed by atoms with van der Waals surface area (Å²) < 4.78 is 2.04. The summed E-state index contributed by atoms with van der Waals surface area (Å²) in [5.41, 5.74) is 7.82. The highest BCUT2D eigenvalue weighted by Crippen LogP contribution is 2.44. The summed E-state index contributed by atoms with van der Waals surface area (Å²) in [4.78, 5) is 27.4. The van der Waals surface area contributed by atoms with Crippen LogP contribution in [-0.4, -0.2) is 28.3 Å². The minimum Gasteiger partial charge on any atom is -0.308 e. The van der Waals surface area contributed by atoms with Crippen LogP contribution in [0, 0.1) is 22.7 Å². The Kier molecular flexibility index (Phi) is 5.32. The minimum atomic E-state index is -0.341. The number of carbonyl (C=O) groups excluding carboxylic acids is 2. The number of imide groups is 1. The van der Waals surface area contributed by atoms with Gasteiger partial charge in [0.05, 0.1) is 51.1 Å². The Balaban J connectivity index is 1.67. The monoisotopic (exact) mass is 528 g/mol. The zero-order valence-electron chi connectivity index (χ0n) is 21.9. The van der Waals surface area contributed by atoms with E-state index < -0.39 is 0 Å². The third-order valence-corrected chi connectivity index (χ3v) is 7.76. The Morgan fingerprint density at radius 1 is 0.585 bits per heavy atom. The van der Waals surface area contributed by atoms with Gasteiger partial charge in [-0.1, -0.05) is 54.6 Å². The van der Waals surface area contributed by atoms with Gasteiger partial charge in [0.2, 0.25) is 0 Å². The molecular weight excluding hydrogens is 508 g/mol. The molecule has 5 aromatic carbocycles. The number of amides is 2. The third kappa shape index (κ3) is 3.49. The largest absolute Gasteiger partial charge is 0.308 e. The van der Waals surface area contributed by atoms with E-state index in [1.54, 1.807) is 24.3 Å². The van der Waals surface area contributed by atoms with Gasteiger partial charge in [0, 0.05) is 17.8 Å². The van der Waals surface area contributed by atoms with Crippen LogP contribution < -0.4 is 0 Å². The lowest BCUT2D eigenvalue weighted by Gasteiger charge is -2.12. The third-order valence-electron chi connectivity index (χ3n) is 7.76. The molecule has 0 bridgehead atoms. The second-order valence-corrected chi connectivity index (χ2v) is 9.99. The van der Waals surface area contributed by atoms with Gasteiger partial charge in [-0.3, -0.25) is 14.5 Å². The van der Waals surface area contributed by atoms with Gasteiger partial charge in [0.25, 0.3) is 11.8 Å². The number of rotatable bonds is 3. The van der Waals surface area contributed by atoms with Crippen molar-refractivity contribution in [3.8, 4) is 40.1 Å². The highest BCUT2D eigenvalue weighted by atomic mass is 16.2. The van der Waals surface area contributed by atoms with Gasteiger partial charge >= 0.3 is 0 Å². The van der Waals surface area contributed by atoms with Crippen LogP contribution in [0.25, 0.3) is 49.7 Å². The Morgan fingerprint density at radius 2 is 1.07 bits per heavy atom. The van der Waals surface area contributed by atoms with Crippen molar-refractivity contribution >= 4 is 33.6 Å². The number of benzene rings is 5. The molecule has 0 spiro atoms. The lowest BCUT2D eigenvalue weighted by Crippen LogP contribution is -2.24. The van der Waals surface area contributed by atoms with E-state index in [1.165, 1.54) is 7.05 Å². The lowest BCUT2D eigenvalue weighted by molar-refractivity contribution is 0.0693. The van der Waals surface area contributed by atoms with Crippen LogP contribution in [0.2, 0.25) is 0 Å². The predicted octanol–water partition coefficient (Wildman–Crippen LogP) is 7.09. The molecule has 2 amide bonds. The van der Waals surface area contributed by atoms with Crippen LogP contribution in [0.5, 0.6) is 0 Å². The average Bonchev–Trinajstić information content (AvgIpc) is 3.48. The molecule has 0 N–H and O–H groups in total. The fourth-order valence-corrected chi connectivity index (χ4v) is 5.93. The van der Waals surface area contributed by atoms with Crippen LogP contribution in [0.4, 0.5) is 0 Å². The van der Waals surface area contributed by atoms with Crippen molar-refractivity contribution in [2.24, 2.45) is 0 Å². The molecule has 1 aliphatic heterocycles. The Hall–Kier alpha value is -5.98. The molecule has 6 nitrogen and oxygen atoms in total. The summed E-state index contributed by atoms with van der Waals surface area (Å²) in [6, 6.07) is 36.8. The van der Waals surface area contributed by atoms with Gasteiger partial charge < -0.3 is 4.57 Å². The van der Waals surface area contributed by atoms with E-state index in [1.807, 2.05) is 83.4 Å². The molecule has 192 valence electrons. The van der Waals surface area contributed by atoms with Crippen molar-refractivity contribution < 1.29 is 9.59 Å². The van der Waals surface area contributed by atoms with E-state index in [4.69, 9.17) is 0 Å². The first-order valence-corrected chi connectivity index (χ1v) is 13.0. The van der Waals surface area contributed by atoms with Crippen molar-refractivity contribution in [1.29, 1.82) is 10.5 Å². The van der Waals surface area contributed by atoms with E-state index in [0.717, 1.165) is 49.0 Å². The molecule has 1 aliphatic rings. The van der Waals surface area contributed by atoms with E-state index in [2.05, 4.69) is 12.1 Å². The molecule has 6 aromatic rings. The summed E-state index contributed by atoms with van der Waals surface area (Å²) in [5, 5.41) is 21.1. The zero-order chi connectivity index (χ0) is 28.2. The summed E-state index contributed by atoms with van der Waals surface area (Å²) in [6.45, 7) is 0. The van der Waals surface area contributed by atoms with Crippen molar-refractivity contribution in [1.82, 2.24) is 9.47 Å². The number of aromatic nitrogens is 1. The summed E-state index contributed by atoms with van der Waals surface area (Å²) in [7, 11) is 1.50. The smallest absolute Gasteiger partial charge is 0.263 e. The zero-order valence-corrected chi connectivity index (χ0v) is 21.9. The first-order valence-electron chi connectivity index (χ1n) is 13.0. The Labute approximate surface area is 235 Å². The van der Waals surface area contributed by atoms with Crippen LogP contribution in [0.15, 0.2) is 103 Å². The highest BCUT2D eigenvalue weighted by Gasteiger charge is 2.36. The van der Waals surface area contributed by atoms with Gasteiger partial charge in [-0.25, -0.2) is 0 Å². The van der Waals surface area contributed by atoms with E-state index in [9.17, 15) is 20.1 Å². The van der Waals surface area contributed by atoms with Crippen LogP contribution in [0.1, 0.15) is 31.8 Å². The molecule has 0 fully saturated rings. The topological polar surface area (TPSA) is 89.9 Å². The Morgan fingerprint density at radius 3 is 1.61 bits per heavy atom. The number of hydrogen-bond donors (Lipinski definition) is 0. The SMILES string of the molecule is CN1C(=O)c2cccc(-n3c4cccc(-c5cccc(C#N)c5)c4c4c(-c5cccc(C#N)c5)cccc43)c2C1=O. The first kappa shape index (κ1) is 24.1. The molecule has 1 aromatic heterocycles. The molecule has 2 heterocycles. The highest BCUT2D eigenvalue weighted by molar-refractivity contribution is 6.25. The maximum absolute atomic E-state index is 13.3. The normalized spacial score (nSPS) is 12.5. The van der Waals surface area contributed by atoms with Gasteiger partial charge in [-0.15, -0.1) is 0 Å². The second kappa shape index (κ2) is 9.05. The molecule has 0 atom stereocenters. The fourth-order valence-electron chi connectivity index (χ4n) is 5.93. The average molecular weight is 529 g/mol. The molecule has 7 rings (SSSR count). The van der Waals surface area contributed by atoms with Gasteiger partial charge in [-0.2, -0.15) is 10.5 Å². The van der Waals surface area contributed by atoms with Gasteiger partial charge in [0.1, 0.15) is 0 Å². The van der Waals surface area contributed by atoms with E-state index in [0.29, 0.717) is 27.9 Å². The quantitative estimate of drug-likeness (QED) is 0.229. The molecule has 0 aliphatic carbocycles. The van der Waals surface area contributed by atoms with Crippen LogP contribution >= 0.6 is 0 Å². The van der Waals surface area contributed by atoms with Crippen molar-refractivity contribution in [2.45, 2.75) is 0 Å². The molecule has 0 saturated carbocycles. The van der Waals surface area contributed by atoms with Gasteiger partial charge in [0.15, 0.2) is 0 Å². The summed E-state index contributed by atoms with van der Waals surface area (Å²) in [5.74, 6) is -0.665. The number of hydrogen-bond acceptors (Lipinski definition) is 4. The molecule has 41 heavy (non-hydrogen) atoms. The number of nitriles is 2. The predicted molar refractivity (Wildman–Crippen MR) is 158 cm³/mol. The summed E-state index contributed by atoms with van der Waals surface area (Å²) in [6.07, 6.45) is 0. The van der Waals surface area contributed by atoms with Crippen LogP contribution in [0.3, 0.4) is 0 Å². The molecule has 0 unspecified atom stereocenters. The number of fused-ring (bicyclic) bond motifs is 4. The molecule has 0 saturated heterocycles. The standard InChI is InChI=1S/C35H20N4O2/c1-38-34(40)27-13-6-16-30(33(27)35(38)41)39-28-14-4-11-25(23-9-2-7-21(17-23)19-36)31(28)32-26(12-5-15-29(32)39)24-10-3-8-22(18-24)20-37/h2-18H,1H3. The molecule has 0 radical (unpaired) electrons. The summed E-state index contributed by atoms with van der Waals surface area (Å²) >= 11 is 0. The fraction of sp³-hybridized carbons (Fsp3) is 0.0286. The lowest BCUT2D eigenvalue weighted by atomic mass is 9.94. The molecular formula is C35H20N4O2. The maximum atomic E-state index is 13.3.